The van der Waals surface area contributed by atoms with Crippen LogP contribution in [0.25, 0.3) is 12.2 Å². The van der Waals surface area contributed by atoms with Gasteiger partial charge in [0, 0.05) is 23.8 Å². The highest BCUT2D eigenvalue weighted by atomic mass is 35.5. The van der Waals surface area contributed by atoms with Gasteiger partial charge >= 0.3 is 5.97 Å². The molecule has 0 bridgehead atoms. The van der Waals surface area contributed by atoms with E-state index in [0.717, 1.165) is 22.8 Å². The van der Waals surface area contributed by atoms with E-state index in [4.69, 9.17) is 14.2 Å². The molecule has 2 aromatic rings. The number of carbonyl (C=O) groups excluding carboxylic acids is 1. The van der Waals surface area contributed by atoms with Crippen LogP contribution in [0.2, 0.25) is 0 Å². The molecule has 1 aliphatic heterocycles. The molecule has 0 amide bonds. The average Bonchev–Trinajstić information content (AvgIpc) is 3.06. The van der Waals surface area contributed by atoms with Crippen LogP contribution in [0.5, 0.6) is 0 Å². The SMILES string of the molecule is C=CC(=O)OCC1=C(C)OC(c2ccc(C=Cc3cc[n+](C)cc3)cc2)O1.[Cl-]. The van der Waals surface area contributed by atoms with Gasteiger partial charge in [-0.05, 0) is 18.1 Å². The van der Waals surface area contributed by atoms with Crippen molar-refractivity contribution in [1.82, 2.24) is 0 Å². The maximum Gasteiger partial charge on any atom is 0.330 e. The van der Waals surface area contributed by atoms with Gasteiger partial charge in [0.25, 0.3) is 6.29 Å². The zero-order valence-corrected chi connectivity index (χ0v) is 16.6. The monoisotopic (exact) mass is 399 g/mol. The molecule has 1 aromatic carbocycles. The molecular formula is C22H22ClNO4. The van der Waals surface area contributed by atoms with E-state index in [-0.39, 0.29) is 19.0 Å². The number of allylic oxidation sites excluding steroid dienone is 1. The van der Waals surface area contributed by atoms with Crippen molar-refractivity contribution < 1.29 is 36.0 Å². The van der Waals surface area contributed by atoms with Gasteiger partial charge in [-0.1, -0.05) is 43.0 Å². The Kier molecular flexibility index (Phi) is 7.41. The molecule has 1 unspecified atom stereocenters. The van der Waals surface area contributed by atoms with Gasteiger partial charge in [0.15, 0.2) is 24.8 Å². The number of ether oxygens (including phenoxy) is 3. The number of hydrogen-bond donors (Lipinski definition) is 0. The van der Waals surface area contributed by atoms with Crippen molar-refractivity contribution in [3.05, 3.63) is 89.7 Å². The third-order valence-corrected chi connectivity index (χ3v) is 4.12. The highest BCUT2D eigenvalue weighted by molar-refractivity contribution is 5.81. The van der Waals surface area contributed by atoms with E-state index in [2.05, 4.69) is 30.9 Å². The van der Waals surface area contributed by atoms with Crippen LogP contribution in [-0.4, -0.2) is 12.6 Å². The van der Waals surface area contributed by atoms with Crippen LogP contribution < -0.4 is 17.0 Å². The first kappa shape index (κ1) is 21.3. The van der Waals surface area contributed by atoms with Gasteiger partial charge < -0.3 is 26.6 Å². The van der Waals surface area contributed by atoms with E-state index in [9.17, 15) is 4.79 Å². The lowest BCUT2D eigenvalue weighted by Crippen LogP contribution is -3.00. The molecule has 1 aromatic heterocycles. The van der Waals surface area contributed by atoms with Crippen molar-refractivity contribution in [2.24, 2.45) is 7.05 Å². The molecule has 3 rings (SSSR count). The summed E-state index contributed by atoms with van der Waals surface area (Å²) in [4.78, 5) is 11.2. The van der Waals surface area contributed by atoms with Gasteiger partial charge in [0.1, 0.15) is 12.8 Å². The molecule has 0 fully saturated rings. The summed E-state index contributed by atoms with van der Waals surface area (Å²) < 4.78 is 18.5. The number of aryl methyl sites for hydroxylation is 1. The van der Waals surface area contributed by atoms with Gasteiger partial charge in [-0.2, -0.15) is 0 Å². The number of rotatable bonds is 6. The third kappa shape index (κ3) is 5.47. The van der Waals surface area contributed by atoms with Crippen molar-refractivity contribution in [2.45, 2.75) is 13.2 Å². The number of aromatic nitrogens is 1. The first-order valence-electron chi connectivity index (χ1n) is 8.61. The van der Waals surface area contributed by atoms with E-state index >= 15 is 0 Å². The highest BCUT2D eigenvalue weighted by Gasteiger charge is 2.26. The normalized spacial score (nSPS) is 15.6. The predicted molar refractivity (Wildman–Crippen MR) is 102 cm³/mol. The maximum absolute atomic E-state index is 11.2. The molecule has 6 heteroatoms. The minimum Gasteiger partial charge on any atom is -1.00 e. The van der Waals surface area contributed by atoms with Crippen LogP contribution in [-0.2, 0) is 26.1 Å². The minimum absolute atomic E-state index is 0. The molecule has 146 valence electrons. The Morgan fingerprint density at radius 1 is 1.11 bits per heavy atom. The Hall–Kier alpha value is -3.05. The first-order chi connectivity index (χ1) is 13.0. The summed E-state index contributed by atoms with van der Waals surface area (Å²) in [5.41, 5.74) is 3.11. The van der Waals surface area contributed by atoms with Gasteiger partial charge in [-0.3, -0.25) is 0 Å². The van der Waals surface area contributed by atoms with Crippen molar-refractivity contribution >= 4 is 18.1 Å². The topological polar surface area (TPSA) is 48.6 Å². The van der Waals surface area contributed by atoms with E-state index in [1.165, 1.54) is 0 Å². The predicted octanol–water partition coefficient (Wildman–Crippen LogP) is 0.692. The lowest BCUT2D eigenvalue weighted by atomic mass is 10.1. The van der Waals surface area contributed by atoms with Crippen molar-refractivity contribution in [3.8, 4) is 0 Å². The standard InChI is InChI=1S/C22H22NO4.ClH/c1-4-21(24)25-15-20-16(2)26-22(27-20)19-9-7-17(8-10-19)5-6-18-11-13-23(3)14-12-18;/h4-14,22H,1,15H2,2-3H3;1H/q+1;/p-1. The third-order valence-electron chi connectivity index (χ3n) is 4.12. The molecule has 2 heterocycles. The average molecular weight is 400 g/mol. The Morgan fingerprint density at radius 2 is 1.71 bits per heavy atom. The van der Waals surface area contributed by atoms with Crippen LogP contribution in [0, 0.1) is 0 Å². The van der Waals surface area contributed by atoms with E-state index < -0.39 is 12.3 Å². The van der Waals surface area contributed by atoms with E-state index in [1.54, 1.807) is 6.92 Å². The summed E-state index contributed by atoms with van der Waals surface area (Å²) in [6.07, 6.45) is 8.72. The lowest BCUT2D eigenvalue weighted by molar-refractivity contribution is -0.671. The molecule has 0 spiro atoms. The number of halogens is 1. The molecule has 1 atom stereocenters. The molecule has 5 nitrogen and oxygen atoms in total. The molecule has 0 aliphatic carbocycles. The van der Waals surface area contributed by atoms with Gasteiger partial charge in [-0.15, -0.1) is 0 Å². The number of benzene rings is 1. The zero-order valence-electron chi connectivity index (χ0n) is 15.8. The van der Waals surface area contributed by atoms with Crippen molar-refractivity contribution in [3.63, 3.8) is 0 Å². The lowest BCUT2D eigenvalue weighted by Gasteiger charge is -2.12. The molecule has 0 N–H and O–H groups in total. The number of carbonyl (C=O) groups is 1. The fraction of sp³-hybridized carbons (Fsp3) is 0.182. The Balaban J connectivity index is 0.00000280. The number of esters is 1. The van der Waals surface area contributed by atoms with Crippen LogP contribution in [0.4, 0.5) is 0 Å². The smallest absolute Gasteiger partial charge is 0.330 e. The zero-order chi connectivity index (χ0) is 19.2. The van der Waals surface area contributed by atoms with Crippen LogP contribution in [0.3, 0.4) is 0 Å². The molecule has 1 aliphatic rings. The fourth-order valence-electron chi connectivity index (χ4n) is 2.51. The summed E-state index contributed by atoms with van der Waals surface area (Å²) in [6, 6.07) is 12.0. The van der Waals surface area contributed by atoms with Gasteiger partial charge in [0.2, 0.25) is 0 Å². The minimum atomic E-state index is -0.533. The van der Waals surface area contributed by atoms with Gasteiger partial charge in [0.05, 0.1) is 0 Å². The van der Waals surface area contributed by atoms with Crippen LogP contribution >= 0.6 is 0 Å². The Morgan fingerprint density at radius 3 is 2.32 bits per heavy atom. The highest BCUT2D eigenvalue weighted by Crippen LogP contribution is 2.33. The Labute approximate surface area is 171 Å². The first-order valence-corrected chi connectivity index (χ1v) is 8.61. The molecular weight excluding hydrogens is 378 g/mol. The fourth-order valence-corrected chi connectivity index (χ4v) is 2.51. The molecule has 0 saturated carbocycles. The number of nitrogens with zero attached hydrogens (tertiary/aromatic N) is 1. The summed E-state index contributed by atoms with van der Waals surface area (Å²) in [5, 5.41) is 0. The summed E-state index contributed by atoms with van der Waals surface area (Å²) in [6.45, 7) is 5.18. The second kappa shape index (κ2) is 9.76. The van der Waals surface area contributed by atoms with Crippen LogP contribution in [0.1, 0.15) is 29.9 Å². The van der Waals surface area contributed by atoms with Crippen molar-refractivity contribution in [1.29, 1.82) is 0 Å². The second-order valence-electron chi connectivity index (χ2n) is 6.16. The summed E-state index contributed by atoms with van der Waals surface area (Å²) in [7, 11) is 1.99. The van der Waals surface area contributed by atoms with Gasteiger partial charge in [-0.25, -0.2) is 9.36 Å². The molecule has 0 saturated heterocycles. The Bertz CT molecular complexity index is 886. The molecule has 28 heavy (non-hydrogen) atoms. The largest absolute Gasteiger partial charge is 1.00 e. The van der Waals surface area contributed by atoms with E-state index in [0.29, 0.717) is 11.5 Å². The molecule has 0 radical (unpaired) electrons. The number of hydrogen-bond acceptors (Lipinski definition) is 4. The number of pyridine rings is 1. The second-order valence-corrected chi connectivity index (χ2v) is 6.16. The summed E-state index contributed by atoms with van der Waals surface area (Å²) in [5.74, 6) is 0.625. The summed E-state index contributed by atoms with van der Waals surface area (Å²) >= 11 is 0. The quantitative estimate of drug-likeness (QED) is 0.407. The maximum atomic E-state index is 11.2. The van der Waals surface area contributed by atoms with Crippen LogP contribution in [0.15, 0.2) is 73.0 Å². The van der Waals surface area contributed by atoms with E-state index in [1.807, 2.05) is 48.3 Å². The van der Waals surface area contributed by atoms with Crippen molar-refractivity contribution in [2.75, 3.05) is 6.61 Å².